The molecule has 18 heavy (non-hydrogen) atoms. The van der Waals surface area contributed by atoms with Gasteiger partial charge in [-0.25, -0.2) is 0 Å². The molecule has 0 spiro atoms. The van der Waals surface area contributed by atoms with Gasteiger partial charge < -0.3 is 10.6 Å². The van der Waals surface area contributed by atoms with Crippen LogP contribution in [0.1, 0.15) is 23.9 Å². The molecule has 0 fully saturated rings. The Hall–Kier alpha value is -1.62. The van der Waals surface area contributed by atoms with Crippen LogP contribution in [0.25, 0.3) is 0 Å². The standard InChI is InChI=1S/C13H18N4S/c1-3-7-17(13-16-15-10(2)18-13)9-11-5-4-6-12(14)8-11/h4-6,8H,3,7,9,14H2,1-2H3. The molecule has 0 radical (unpaired) electrons. The molecule has 5 heteroatoms. The first kappa shape index (κ1) is 12.8. The van der Waals surface area contributed by atoms with Crippen molar-refractivity contribution in [2.24, 2.45) is 0 Å². The Balaban J connectivity index is 2.16. The van der Waals surface area contributed by atoms with Crippen molar-refractivity contribution >= 4 is 22.2 Å². The highest BCUT2D eigenvalue weighted by atomic mass is 32.1. The fourth-order valence-electron chi connectivity index (χ4n) is 1.84. The molecule has 0 saturated heterocycles. The van der Waals surface area contributed by atoms with Crippen LogP contribution in [0.5, 0.6) is 0 Å². The van der Waals surface area contributed by atoms with Crippen molar-refractivity contribution in [3.8, 4) is 0 Å². The average molecular weight is 262 g/mol. The fraction of sp³-hybridized carbons (Fsp3) is 0.385. The molecule has 1 aromatic heterocycles. The van der Waals surface area contributed by atoms with Gasteiger partial charge in [0.15, 0.2) is 0 Å². The molecule has 0 aliphatic heterocycles. The first-order valence-electron chi connectivity index (χ1n) is 6.08. The van der Waals surface area contributed by atoms with Gasteiger partial charge >= 0.3 is 0 Å². The molecule has 0 unspecified atom stereocenters. The molecule has 2 N–H and O–H groups in total. The van der Waals surface area contributed by atoms with Gasteiger partial charge in [0, 0.05) is 18.8 Å². The van der Waals surface area contributed by atoms with Crippen molar-refractivity contribution in [2.75, 3.05) is 17.2 Å². The number of hydrogen-bond acceptors (Lipinski definition) is 5. The number of aromatic nitrogens is 2. The summed E-state index contributed by atoms with van der Waals surface area (Å²) in [6, 6.07) is 7.99. The number of nitrogen functional groups attached to an aromatic ring is 1. The first-order chi connectivity index (χ1) is 8.69. The van der Waals surface area contributed by atoms with Crippen molar-refractivity contribution in [1.29, 1.82) is 0 Å². The summed E-state index contributed by atoms with van der Waals surface area (Å²) < 4.78 is 0. The summed E-state index contributed by atoms with van der Waals surface area (Å²) in [4.78, 5) is 2.25. The maximum Gasteiger partial charge on any atom is 0.208 e. The maximum atomic E-state index is 5.81. The second kappa shape index (κ2) is 5.82. The molecule has 0 bridgehead atoms. The summed E-state index contributed by atoms with van der Waals surface area (Å²) in [5, 5.41) is 10.3. The van der Waals surface area contributed by atoms with Gasteiger partial charge in [0.05, 0.1) is 0 Å². The minimum atomic E-state index is 0.803. The van der Waals surface area contributed by atoms with Gasteiger partial charge in [-0.3, -0.25) is 0 Å². The predicted molar refractivity (Wildman–Crippen MR) is 76.8 cm³/mol. The van der Waals surface area contributed by atoms with Crippen molar-refractivity contribution in [3.05, 3.63) is 34.8 Å². The van der Waals surface area contributed by atoms with E-state index in [2.05, 4.69) is 28.1 Å². The van der Waals surface area contributed by atoms with Crippen LogP contribution in [0, 0.1) is 6.92 Å². The van der Waals surface area contributed by atoms with Crippen molar-refractivity contribution in [1.82, 2.24) is 10.2 Å². The summed E-state index contributed by atoms with van der Waals surface area (Å²) in [6.45, 7) is 5.95. The zero-order valence-corrected chi connectivity index (χ0v) is 11.6. The second-order valence-electron chi connectivity index (χ2n) is 4.27. The third-order valence-corrected chi connectivity index (χ3v) is 3.50. The zero-order valence-electron chi connectivity index (χ0n) is 10.8. The molecule has 2 rings (SSSR count). The summed E-state index contributed by atoms with van der Waals surface area (Å²) in [5.41, 5.74) is 7.82. The Morgan fingerprint density at radius 2 is 2.17 bits per heavy atom. The Morgan fingerprint density at radius 3 is 2.78 bits per heavy atom. The molecule has 4 nitrogen and oxygen atoms in total. The van der Waals surface area contributed by atoms with Gasteiger partial charge in [0.1, 0.15) is 5.01 Å². The van der Waals surface area contributed by atoms with E-state index in [1.165, 1.54) is 5.56 Å². The van der Waals surface area contributed by atoms with Crippen molar-refractivity contribution in [3.63, 3.8) is 0 Å². The van der Waals surface area contributed by atoms with Gasteiger partial charge in [-0.15, -0.1) is 10.2 Å². The van der Waals surface area contributed by atoms with Crippen LogP contribution >= 0.6 is 11.3 Å². The van der Waals surface area contributed by atoms with Gasteiger partial charge in [0.25, 0.3) is 0 Å². The molecule has 0 atom stereocenters. The average Bonchev–Trinajstić information content (AvgIpc) is 2.75. The SMILES string of the molecule is CCCN(Cc1cccc(N)c1)c1nnc(C)s1. The van der Waals surface area contributed by atoms with E-state index in [0.29, 0.717) is 0 Å². The molecule has 2 aromatic rings. The largest absolute Gasteiger partial charge is 0.399 e. The molecule has 0 amide bonds. The number of aryl methyl sites for hydroxylation is 1. The molecule has 0 saturated carbocycles. The van der Waals surface area contributed by atoms with E-state index in [0.717, 1.165) is 35.3 Å². The topological polar surface area (TPSA) is 55.0 Å². The number of nitrogens with two attached hydrogens (primary N) is 1. The summed E-state index contributed by atoms with van der Waals surface area (Å²) in [6.07, 6.45) is 1.08. The van der Waals surface area contributed by atoms with Crippen LogP contribution in [-0.4, -0.2) is 16.7 Å². The van der Waals surface area contributed by atoms with E-state index >= 15 is 0 Å². The lowest BCUT2D eigenvalue weighted by Crippen LogP contribution is -2.23. The van der Waals surface area contributed by atoms with Crippen LogP contribution < -0.4 is 10.6 Å². The molecular formula is C13H18N4S. The summed E-state index contributed by atoms with van der Waals surface area (Å²) >= 11 is 1.63. The predicted octanol–water partition coefficient (Wildman–Crippen LogP) is 2.85. The third kappa shape index (κ3) is 3.20. The Labute approximate surface area is 111 Å². The van der Waals surface area contributed by atoms with E-state index in [1.54, 1.807) is 11.3 Å². The van der Waals surface area contributed by atoms with Gasteiger partial charge in [-0.1, -0.05) is 30.4 Å². The lowest BCUT2D eigenvalue weighted by Gasteiger charge is -2.20. The quantitative estimate of drug-likeness (QED) is 0.842. The van der Waals surface area contributed by atoms with Crippen molar-refractivity contribution in [2.45, 2.75) is 26.8 Å². The first-order valence-corrected chi connectivity index (χ1v) is 6.90. The van der Waals surface area contributed by atoms with E-state index < -0.39 is 0 Å². The highest BCUT2D eigenvalue weighted by Crippen LogP contribution is 2.22. The normalized spacial score (nSPS) is 10.6. The third-order valence-electron chi connectivity index (χ3n) is 2.60. The number of anilines is 2. The van der Waals surface area contributed by atoms with Crippen LogP contribution in [0.3, 0.4) is 0 Å². The van der Waals surface area contributed by atoms with Crippen LogP contribution in [0.4, 0.5) is 10.8 Å². The highest BCUT2D eigenvalue weighted by Gasteiger charge is 2.11. The number of rotatable bonds is 5. The van der Waals surface area contributed by atoms with E-state index in [1.807, 2.05) is 25.1 Å². The Kier molecular flexibility index (Phi) is 4.15. The molecule has 1 heterocycles. The number of nitrogens with zero attached hydrogens (tertiary/aromatic N) is 3. The summed E-state index contributed by atoms with van der Waals surface area (Å²) in [5.74, 6) is 0. The van der Waals surface area contributed by atoms with Gasteiger partial charge in [0.2, 0.25) is 5.13 Å². The Bertz CT molecular complexity index is 509. The van der Waals surface area contributed by atoms with Gasteiger partial charge in [-0.2, -0.15) is 0 Å². The lowest BCUT2D eigenvalue weighted by molar-refractivity contribution is 0.757. The highest BCUT2D eigenvalue weighted by molar-refractivity contribution is 7.15. The molecule has 0 aliphatic carbocycles. The molecular weight excluding hydrogens is 244 g/mol. The summed E-state index contributed by atoms with van der Waals surface area (Å²) in [7, 11) is 0. The number of hydrogen-bond donors (Lipinski definition) is 1. The van der Waals surface area contributed by atoms with E-state index in [4.69, 9.17) is 5.73 Å². The Morgan fingerprint density at radius 1 is 1.33 bits per heavy atom. The number of benzene rings is 1. The molecule has 0 aliphatic rings. The van der Waals surface area contributed by atoms with Crippen LogP contribution in [-0.2, 0) is 6.54 Å². The zero-order chi connectivity index (χ0) is 13.0. The van der Waals surface area contributed by atoms with Crippen LogP contribution in [0.15, 0.2) is 24.3 Å². The lowest BCUT2D eigenvalue weighted by atomic mass is 10.2. The smallest absolute Gasteiger partial charge is 0.208 e. The minimum absolute atomic E-state index is 0.803. The monoisotopic (exact) mass is 262 g/mol. The van der Waals surface area contributed by atoms with Crippen LogP contribution in [0.2, 0.25) is 0 Å². The fourth-order valence-corrected chi connectivity index (χ4v) is 2.55. The van der Waals surface area contributed by atoms with Crippen molar-refractivity contribution < 1.29 is 0 Å². The second-order valence-corrected chi connectivity index (χ2v) is 5.43. The van der Waals surface area contributed by atoms with Gasteiger partial charge in [-0.05, 0) is 31.0 Å². The molecule has 96 valence electrons. The molecule has 1 aromatic carbocycles. The van der Waals surface area contributed by atoms with E-state index in [9.17, 15) is 0 Å². The maximum absolute atomic E-state index is 5.81. The van der Waals surface area contributed by atoms with E-state index in [-0.39, 0.29) is 0 Å². The minimum Gasteiger partial charge on any atom is -0.399 e.